The standard InChI is InChI=1S/C14H27N3/c1-17-9-5-4-7-11-13(15)10-6-2-3-8-12(10)16-14(11)17/h10-14,16H,2-9,15H2,1H3. The normalized spacial score (nSPS) is 48.0. The zero-order valence-corrected chi connectivity index (χ0v) is 11.1. The number of fused-ring (bicyclic) bond motifs is 2. The Bertz CT molecular complexity index is 268. The number of nitrogens with one attached hydrogen (secondary N) is 1. The predicted octanol–water partition coefficient (Wildman–Crippen LogP) is 1.53. The first-order valence-electron chi connectivity index (χ1n) is 7.49. The molecule has 0 aromatic rings. The molecule has 3 N–H and O–H groups in total. The van der Waals surface area contributed by atoms with Crippen LogP contribution < -0.4 is 11.1 Å². The van der Waals surface area contributed by atoms with Gasteiger partial charge in [-0.05, 0) is 45.2 Å². The summed E-state index contributed by atoms with van der Waals surface area (Å²) in [5, 5.41) is 3.92. The summed E-state index contributed by atoms with van der Waals surface area (Å²) < 4.78 is 0. The summed E-state index contributed by atoms with van der Waals surface area (Å²) in [4.78, 5) is 2.52. The monoisotopic (exact) mass is 237 g/mol. The number of hydrogen-bond acceptors (Lipinski definition) is 3. The average Bonchev–Trinajstić information content (AvgIpc) is 2.53. The highest BCUT2D eigenvalue weighted by molar-refractivity contribution is 5.00. The van der Waals surface area contributed by atoms with E-state index in [1.165, 1.54) is 51.5 Å². The summed E-state index contributed by atoms with van der Waals surface area (Å²) in [7, 11) is 2.27. The fraction of sp³-hybridized carbons (Fsp3) is 1.00. The lowest BCUT2D eigenvalue weighted by molar-refractivity contribution is 0.0285. The van der Waals surface area contributed by atoms with E-state index in [0.717, 1.165) is 5.92 Å². The molecule has 0 aromatic carbocycles. The molecule has 3 aliphatic rings. The minimum atomic E-state index is 0.437. The van der Waals surface area contributed by atoms with Crippen LogP contribution >= 0.6 is 0 Å². The highest BCUT2D eigenvalue weighted by Gasteiger charge is 2.44. The molecule has 5 atom stereocenters. The SMILES string of the molecule is CN1CCCCC2C(N)C3CCCCC3NC21. The minimum absolute atomic E-state index is 0.437. The third-order valence-electron chi connectivity index (χ3n) is 5.37. The lowest BCUT2D eigenvalue weighted by atomic mass is 9.70. The van der Waals surface area contributed by atoms with Gasteiger partial charge < -0.3 is 5.73 Å². The van der Waals surface area contributed by atoms with Gasteiger partial charge in [-0.3, -0.25) is 10.2 Å². The van der Waals surface area contributed by atoms with Gasteiger partial charge in [0.2, 0.25) is 0 Å². The van der Waals surface area contributed by atoms with Crippen molar-refractivity contribution < 1.29 is 0 Å². The Hall–Kier alpha value is -0.120. The average molecular weight is 237 g/mol. The third-order valence-corrected chi connectivity index (χ3v) is 5.37. The molecule has 2 heterocycles. The predicted molar refractivity (Wildman–Crippen MR) is 70.6 cm³/mol. The Morgan fingerprint density at radius 3 is 2.59 bits per heavy atom. The summed E-state index contributed by atoms with van der Waals surface area (Å²) >= 11 is 0. The van der Waals surface area contributed by atoms with E-state index in [-0.39, 0.29) is 0 Å². The van der Waals surface area contributed by atoms with Gasteiger partial charge in [-0.2, -0.15) is 0 Å². The van der Waals surface area contributed by atoms with Crippen LogP contribution in [-0.4, -0.2) is 36.7 Å². The first-order chi connectivity index (χ1) is 8.27. The van der Waals surface area contributed by atoms with Gasteiger partial charge in [0.05, 0.1) is 6.17 Å². The van der Waals surface area contributed by atoms with Gasteiger partial charge in [-0.1, -0.05) is 19.3 Å². The molecule has 1 aliphatic carbocycles. The van der Waals surface area contributed by atoms with Crippen molar-refractivity contribution in [3.05, 3.63) is 0 Å². The van der Waals surface area contributed by atoms with E-state index in [4.69, 9.17) is 5.73 Å². The van der Waals surface area contributed by atoms with E-state index in [2.05, 4.69) is 17.3 Å². The van der Waals surface area contributed by atoms with Crippen molar-refractivity contribution in [2.24, 2.45) is 17.6 Å². The zero-order valence-electron chi connectivity index (χ0n) is 11.1. The smallest absolute Gasteiger partial charge is 0.0640 e. The molecule has 5 unspecified atom stereocenters. The molecule has 3 fully saturated rings. The second-order valence-corrected chi connectivity index (χ2v) is 6.38. The van der Waals surface area contributed by atoms with E-state index in [9.17, 15) is 0 Å². The highest BCUT2D eigenvalue weighted by atomic mass is 15.3. The van der Waals surface area contributed by atoms with Crippen molar-refractivity contribution in [1.82, 2.24) is 10.2 Å². The molecule has 0 spiro atoms. The Morgan fingerprint density at radius 1 is 1.00 bits per heavy atom. The molecule has 0 aromatic heterocycles. The topological polar surface area (TPSA) is 41.3 Å². The summed E-state index contributed by atoms with van der Waals surface area (Å²) in [5.41, 5.74) is 6.61. The fourth-order valence-electron chi connectivity index (χ4n) is 4.38. The molecule has 3 nitrogen and oxygen atoms in total. The van der Waals surface area contributed by atoms with Crippen LogP contribution in [0.1, 0.15) is 44.9 Å². The number of piperidine rings is 1. The number of rotatable bonds is 0. The molecule has 3 rings (SSSR count). The Kier molecular flexibility index (Phi) is 3.42. The summed E-state index contributed by atoms with van der Waals surface area (Å²) in [6.07, 6.45) is 10.1. The van der Waals surface area contributed by atoms with Gasteiger partial charge in [-0.15, -0.1) is 0 Å². The Balaban J connectivity index is 1.80. The molecule has 1 saturated carbocycles. The quantitative estimate of drug-likeness (QED) is 0.671. The third kappa shape index (κ3) is 2.13. The molecule has 0 radical (unpaired) electrons. The van der Waals surface area contributed by atoms with Crippen LogP contribution in [0.4, 0.5) is 0 Å². The second kappa shape index (κ2) is 4.87. The number of nitrogens with two attached hydrogens (primary N) is 1. The Labute approximate surface area is 105 Å². The largest absolute Gasteiger partial charge is 0.327 e. The van der Waals surface area contributed by atoms with Crippen LogP contribution in [0, 0.1) is 11.8 Å². The lowest BCUT2D eigenvalue weighted by Gasteiger charge is -2.50. The number of hydrogen-bond donors (Lipinski definition) is 2. The summed E-state index contributed by atoms with van der Waals surface area (Å²) in [6.45, 7) is 1.23. The van der Waals surface area contributed by atoms with E-state index >= 15 is 0 Å². The maximum Gasteiger partial charge on any atom is 0.0640 e. The molecule has 0 amide bonds. The van der Waals surface area contributed by atoms with Crippen molar-refractivity contribution in [2.75, 3.05) is 13.6 Å². The van der Waals surface area contributed by atoms with Crippen LogP contribution in [0.15, 0.2) is 0 Å². The number of likely N-dealkylation sites (tertiary alicyclic amines) is 1. The van der Waals surface area contributed by atoms with Crippen molar-refractivity contribution in [1.29, 1.82) is 0 Å². The van der Waals surface area contributed by atoms with Gasteiger partial charge in [0.1, 0.15) is 0 Å². The molecule has 2 aliphatic heterocycles. The molecular formula is C14H27N3. The molecule has 2 saturated heterocycles. The van der Waals surface area contributed by atoms with E-state index < -0.39 is 0 Å². The van der Waals surface area contributed by atoms with Gasteiger partial charge >= 0.3 is 0 Å². The molecule has 17 heavy (non-hydrogen) atoms. The minimum Gasteiger partial charge on any atom is -0.327 e. The first-order valence-corrected chi connectivity index (χ1v) is 7.49. The van der Waals surface area contributed by atoms with Crippen LogP contribution in [0.3, 0.4) is 0 Å². The van der Waals surface area contributed by atoms with Crippen LogP contribution in [0.25, 0.3) is 0 Å². The maximum atomic E-state index is 6.61. The zero-order chi connectivity index (χ0) is 11.8. The van der Waals surface area contributed by atoms with Gasteiger partial charge in [0, 0.05) is 18.0 Å². The van der Waals surface area contributed by atoms with Crippen molar-refractivity contribution in [3.63, 3.8) is 0 Å². The van der Waals surface area contributed by atoms with E-state index in [0.29, 0.717) is 24.2 Å². The fourth-order valence-corrected chi connectivity index (χ4v) is 4.38. The van der Waals surface area contributed by atoms with Crippen LogP contribution in [0.5, 0.6) is 0 Å². The van der Waals surface area contributed by atoms with Gasteiger partial charge in [0.25, 0.3) is 0 Å². The molecule has 0 bridgehead atoms. The lowest BCUT2D eigenvalue weighted by Crippen LogP contribution is -2.66. The Morgan fingerprint density at radius 2 is 1.71 bits per heavy atom. The highest BCUT2D eigenvalue weighted by Crippen LogP contribution is 2.37. The number of nitrogens with zero attached hydrogens (tertiary/aromatic N) is 1. The summed E-state index contributed by atoms with van der Waals surface area (Å²) in [5.74, 6) is 1.43. The van der Waals surface area contributed by atoms with Crippen LogP contribution in [0.2, 0.25) is 0 Å². The van der Waals surface area contributed by atoms with Crippen molar-refractivity contribution in [2.45, 2.75) is 63.2 Å². The summed E-state index contributed by atoms with van der Waals surface area (Å²) in [6, 6.07) is 1.13. The maximum absolute atomic E-state index is 6.61. The van der Waals surface area contributed by atoms with Crippen molar-refractivity contribution in [3.8, 4) is 0 Å². The molecular weight excluding hydrogens is 210 g/mol. The van der Waals surface area contributed by atoms with E-state index in [1.807, 2.05) is 0 Å². The second-order valence-electron chi connectivity index (χ2n) is 6.38. The first kappa shape index (κ1) is 11.9. The molecule has 3 heteroatoms. The van der Waals surface area contributed by atoms with Crippen molar-refractivity contribution >= 4 is 0 Å². The van der Waals surface area contributed by atoms with E-state index in [1.54, 1.807) is 0 Å². The molecule has 98 valence electrons. The van der Waals surface area contributed by atoms with Gasteiger partial charge in [0.15, 0.2) is 0 Å². The van der Waals surface area contributed by atoms with Gasteiger partial charge in [-0.25, -0.2) is 0 Å². The van der Waals surface area contributed by atoms with Crippen LogP contribution in [-0.2, 0) is 0 Å².